The molecular weight excluding hydrogens is 624 g/mol. The van der Waals surface area contributed by atoms with Crippen molar-refractivity contribution in [3.63, 3.8) is 0 Å². The van der Waals surface area contributed by atoms with Gasteiger partial charge in [0.1, 0.15) is 97.7 Å². The molecule has 4 heterocycles. The van der Waals surface area contributed by atoms with Gasteiger partial charge in [-0.1, -0.05) is 0 Å². The summed E-state index contributed by atoms with van der Waals surface area (Å²) in [6, 6.07) is 0. The van der Waals surface area contributed by atoms with Crippen LogP contribution in [0.25, 0.3) is 0 Å². The van der Waals surface area contributed by atoms with Crippen molar-refractivity contribution >= 4 is 0 Å². The molecule has 4 fully saturated rings. The molecule has 0 aromatic rings. The minimum absolute atomic E-state index is 0.641. The highest BCUT2D eigenvalue weighted by molar-refractivity contribution is 4.95. The summed E-state index contributed by atoms with van der Waals surface area (Å²) in [5.74, 6) is 0. The summed E-state index contributed by atoms with van der Waals surface area (Å²) in [6.45, 7) is -2.95. The molecule has 0 radical (unpaired) electrons. The molecule has 21 heteroatoms. The van der Waals surface area contributed by atoms with Crippen molar-refractivity contribution in [1.82, 2.24) is 0 Å². The molecule has 4 rings (SSSR count). The summed E-state index contributed by atoms with van der Waals surface area (Å²) in [5, 5.41) is 141. The molecule has 264 valence electrons. The number of aliphatic hydroxyl groups is 14. The first-order chi connectivity index (χ1) is 21.2. The van der Waals surface area contributed by atoms with E-state index in [2.05, 4.69) is 0 Å². The number of ether oxygens (including phenoxy) is 7. The van der Waals surface area contributed by atoms with Gasteiger partial charge in [0, 0.05) is 0 Å². The summed E-state index contributed by atoms with van der Waals surface area (Å²) in [7, 11) is 0. The fourth-order valence-corrected chi connectivity index (χ4v) is 5.33. The first-order valence-electron chi connectivity index (χ1n) is 14.1. The van der Waals surface area contributed by atoms with E-state index in [1.807, 2.05) is 0 Å². The van der Waals surface area contributed by atoms with Gasteiger partial charge in [0.15, 0.2) is 25.2 Å². The van der Waals surface area contributed by atoms with Crippen molar-refractivity contribution in [3.05, 3.63) is 0 Å². The molecule has 0 amide bonds. The van der Waals surface area contributed by atoms with Gasteiger partial charge in [-0.3, -0.25) is 0 Å². The Balaban J connectivity index is 1.39. The molecule has 0 spiro atoms. The topological polar surface area (TPSA) is 348 Å². The van der Waals surface area contributed by atoms with E-state index in [4.69, 9.17) is 33.2 Å². The van der Waals surface area contributed by atoms with Crippen molar-refractivity contribution in [2.75, 3.05) is 26.4 Å². The minimum Gasteiger partial charge on any atom is -0.394 e. The summed E-state index contributed by atoms with van der Waals surface area (Å²) >= 11 is 0. The normalized spacial score (nSPS) is 52.9. The Morgan fingerprint density at radius 2 is 0.778 bits per heavy atom. The number of rotatable bonds is 10. The van der Waals surface area contributed by atoms with Crippen LogP contribution in [0.5, 0.6) is 0 Å². The Kier molecular flexibility index (Phi) is 12.8. The van der Waals surface area contributed by atoms with Gasteiger partial charge >= 0.3 is 0 Å². The third kappa shape index (κ3) is 7.75. The highest BCUT2D eigenvalue weighted by Gasteiger charge is 2.52. The summed E-state index contributed by atoms with van der Waals surface area (Å²) in [5.41, 5.74) is 0. The van der Waals surface area contributed by atoms with E-state index in [9.17, 15) is 71.5 Å². The van der Waals surface area contributed by atoms with Gasteiger partial charge in [0.05, 0.1) is 26.4 Å². The van der Waals surface area contributed by atoms with Crippen LogP contribution in [0, 0.1) is 0 Å². The molecule has 0 aliphatic carbocycles. The molecule has 4 aliphatic rings. The van der Waals surface area contributed by atoms with Crippen LogP contribution in [0.2, 0.25) is 0 Å². The SMILES string of the molecule is OC[C@H]1O[C@H](O[C@@H]2[C@@H](O)[C@@H](OC[C@H]3O[C@H](OC[C@H]4O[C@H](O)[C@H](O)[C@@H](O)[C@@H]4O)[C@H](O)[C@@H](O)[C@@H]3O)O[C@H](CO)[C@H]2O)[C@H](O)[C@@H](O)[C@@H]1O. The van der Waals surface area contributed by atoms with Crippen LogP contribution in [-0.4, -0.2) is 221 Å². The van der Waals surface area contributed by atoms with Crippen molar-refractivity contribution in [2.24, 2.45) is 0 Å². The first-order valence-corrected chi connectivity index (χ1v) is 14.1. The number of hydrogen-bond donors (Lipinski definition) is 14. The molecule has 4 saturated heterocycles. The lowest BCUT2D eigenvalue weighted by atomic mass is 9.96. The number of hydrogen-bond acceptors (Lipinski definition) is 21. The Morgan fingerprint density at radius 1 is 0.378 bits per heavy atom. The third-order valence-corrected chi connectivity index (χ3v) is 8.17. The smallest absolute Gasteiger partial charge is 0.187 e. The van der Waals surface area contributed by atoms with E-state index in [0.29, 0.717) is 0 Å². The van der Waals surface area contributed by atoms with Gasteiger partial charge in [-0.05, 0) is 0 Å². The monoisotopic (exact) mass is 666 g/mol. The fourth-order valence-electron chi connectivity index (χ4n) is 5.33. The molecule has 0 bridgehead atoms. The Morgan fingerprint density at radius 3 is 1.33 bits per heavy atom. The van der Waals surface area contributed by atoms with Crippen LogP contribution in [0.3, 0.4) is 0 Å². The second kappa shape index (κ2) is 15.6. The van der Waals surface area contributed by atoms with Crippen molar-refractivity contribution in [2.45, 2.75) is 123 Å². The summed E-state index contributed by atoms with van der Waals surface area (Å²) in [4.78, 5) is 0. The minimum atomic E-state index is -1.91. The van der Waals surface area contributed by atoms with Gasteiger partial charge in [-0.2, -0.15) is 0 Å². The van der Waals surface area contributed by atoms with Gasteiger partial charge in [0.2, 0.25) is 0 Å². The number of aliphatic hydroxyl groups excluding tert-OH is 14. The third-order valence-electron chi connectivity index (χ3n) is 8.17. The second-order valence-corrected chi connectivity index (χ2v) is 11.2. The van der Waals surface area contributed by atoms with E-state index < -0.39 is 149 Å². The maximum atomic E-state index is 10.9. The Bertz CT molecular complexity index is 916. The molecule has 45 heavy (non-hydrogen) atoms. The largest absolute Gasteiger partial charge is 0.394 e. The Labute approximate surface area is 254 Å². The molecule has 0 unspecified atom stereocenters. The average molecular weight is 667 g/mol. The van der Waals surface area contributed by atoms with Crippen LogP contribution in [-0.2, 0) is 33.2 Å². The van der Waals surface area contributed by atoms with E-state index >= 15 is 0 Å². The molecule has 0 aromatic carbocycles. The standard InChI is InChI=1S/C24H42O21/c25-1-5-9(27)14(32)18(36)24(43-5)45-20-12(30)6(2-26)42-23(19(20)37)40-4-8-11(29)15(33)17(35)22(44-8)39-3-7-10(28)13(31)16(34)21(38)41-7/h5-38H,1-4H2/t5-,6-,7-,8-,9-,10-,11-,12-,13+,14+,15+,16-,17-,18-,19-,20+,21+,22+,23+,24-/m1/s1. The van der Waals surface area contributed by atoms with Gasteiger partial charge < -0.3 is 105 Å². The summed E-state index contributed by atoms with van der Waals surface area (Å²) < 4.78 is 37.4. The zero-order chi connectivity index (χ0) is 33.3. The zero-order valence-corrected chi connectivity index (χ0v) is 23.5. The van der Waals surface area contributed by atoms with Crippen molar-refractivity contribution in [1.29, 1.82) is 0 Å². The maximum absolute atomic E-state index is 10.9. The molecular formula is C24H42O21. The van der Waals surface area contributed by atoms with Crippen LogP contribution in [0.4, 0.5) is 0 Å². The lowest BCUT2D eigenvalue weighted by molar-refractivity contribution is -0.366. The fraction of sp³-hybridized carbons (Fsp3) is 1.00. The van der Waals surface area contributed by atoms with Gasteiger partial charge in [0.25, 0.3) is 0 Å². The first kappa shape index (κ1) is 37.0. The highest BCUT2D eigenvalue weighted by atomic mass is 16.8. The Hall–Kier alpha value is -0.840. The zero-order valence-electron chi connectivity index (χ0n) is 23.5. The summed E-state index contributed by atoms with van der Waals surface area (Å²) in [6.07, 6.45) is -34.6. The van der Waals surface area contributed by atoms with E-state index in [0.717, 1.165) is 0 Å². The lowest BCUT2D eigenvalue weighted by Crippen LogP contribution is -2.65. The predicted octanol–water partition coefficient (Wildman–Crippen LogP) is -9.75. The van der Waals surface area contributed by atoms with E-state index in [1.54, 1.807) is 0 Å². The highest BCUT2D eigenvalue weighted by Crippen LogP contribution is 2.31. The molecule has 0 aromatic heterocycles. The van der Waals surface area contributed by atoms with Crippen LogP contribution >= 0.6 is 0 Å². The van der Waals surface area contributed by atoms with Gasteiger partial charge in [-0.15, -0.1) is 0 Å². The lowest BCUT2D eigenvalue weighted by Gasteiger charge is -2.46. The quantitative estimate of drug-likeness (QED) is 0.103. The van der Waals surface area contributed by atoms with Gasteiger partial charge in [-0.25, -0.2) is 0 Å². The molecule has 14 N–H and O–H groups in total. The molecule has 20 atom stereocenters. The van der Waals surface area contributed by atoms with Crippen LogP contribution in [0.1, 0.15) is 0 Å². The second-order valence-electron chi connectivity index (χ2n) is 11.2. The van der Waals surface area contributed by atoms with Crippen LogP contribution < -0.4 is 0 Å². The van der Waals surface area contributed by atoms with E-state index in [1.165, 1.54) is 0 Å². The molecule has 0 saturated carbocycles. The average Bonchev–Trinajstić information content (AvgIpc) is 3.02. The van der Waals surface area contributed by atoms with Crippen molar-refractivity contribution < 1.29 is 105 Å². The predicted molar refractivity (Wildman–Crippen MR) is 134 cm³/mol. The van der Waals surface area contributed by atoms with Crippen molar-refractivity contribution in [3.8, 4) is 0 Å². The molecule has 4 aliphatic heterocycles. The van der Waals surface area contributed by atoms with E-state index in [-0.39, 0.29) is 0 Å². The maximum Gasteiger partial charge on any atom is 0.187 e. The van der Waals surface area contributed by atoms with Crippen LogP contribution in [0.15, 0.2) is 0 Å². The molecule has 21 nitrogen and oxygen atoms in total.